The molecule has 3 saturated carbocycles. The monoisotopic (exact) mass is 453 g/mol. The first-order valence-corrected chi connectivity index (χ1v) is 11.7. The molecule has 0 unspecified atom stereocenters. The van der Waals surface area contributed by atoms with Gasteiger partial charge in [0, 0.05) is 11.6 Å². The van der Waals surface area contributed by atoms with Crippen LogP contribution in [0.4, 0.5) is 4.39 Å². The fraction of sp³-hybridized carbons (Fsp3) is 0.500. The summed E-state index contributed by atoms with van der Waals surface area (Å²) < 4.78 is 23.5. The molecule has 1 N–H and O–H groups in total. The lowest BCUT2D eigenvalue weighted by atomic mass is 9.51. The maximum absolute atomic E-state index is 13.1. The zero-order valence-electron chi connectivity index (χ0n) is 19.4. The van der Waals surface area contributed by atoms with Crippen molar-refractivity contribution in [2.45, 2.75) is 63.8 Å². The van der Waals surface area contributed by atoms with E-state index in [-0.39, 0.29) is 23.3 Å². The SMILES string of the molecule is CC/C(=C\F)COc1ccc(C23CCC(C(=O)NCc4ccnc(OC)n4)(CC2)CC3)cc1. The third-order valence-electron chi connectivity index (χ3n) is 7.53. The number of carbonyl (C=O) groups excluding carboxylic acids is 1. The first-order valence-electron chi connectivity index (χ1n) is 11.7. The number of hydrogen-bond acceptors (Lipinski definition) is 5. The normalized spacial score (nSPS) is 24.4. The topological polar surface area (TPSA) is 73.3 Å². The lowest BCUT2D eigenvalue weighted by Gasteiger charge is -2.52. The molecule has 1 aromatic heterocycles. The first kappa shape index (κ1) is 23.2. The molecule has 3 aliphatic rings. The van der Waals surface area contributed by atoms with E-state index in [1.165, 1.54) is 12.7 Å². The van der Waals surface area contributed by atoms with Crippen LogP contribution in [0.1, 0.15) is 63.1 Å². The molecule has 6 nitrogen and oxygen atoms in total. The summed E-state index contributed by atoms with van der Waals surface area (Å²) in [6, 6.07) is 10.3. The van der Waals surface area contributed by atoms with E-state index < -0.39 is 0 Å². The summed E-state index contributed by atoms with van der Waals surface area (Å²) in [6.45, 7) is 2.57. The second-order valence-electron chi connectivity index (χ2n) is 9.21. The van der Waals surface area contributed by atoms with Crippen molar-refractivity contribution in [3.05, 3.63) is 59.7 Å². The summed E-state index contributed by atoms with van der Waals surface area (Å²) in [6.07, 6.45) is 8.61. The molecule has 3 fully saturated rings. The Bertz CT molecular complexity index is 982. The largest absolute Gasteiger partial charge is 0.489 e. The predicted octanol–water partition coefficient (Wildman–Crippen LogP) is 5.04. The standard InChI is InChI=1S/C26H32FN3O3/c1-3-19(16-27)18-33-22-6-4-20(5-7-22)25-9-12-26(13-10-25,14-11-25)23(31)29-17-21-8-15-28-24(30-21)32-2/h4-8,15-16H,3,9-14,17-18H2,1-2H3,(H,29,31)/b19-16+. The molecule has 1 heterocycles. The van der Waals surface area contributed by atoms with Crippen molar-refractivity contribution in [3.8, 4) is 11.8 Å². The Balaban J connectivity index is 1.34. The zero-order chi connectivity index (χ0) is 23.3. The van der Waals surface area contributed by atoms with Gasteiger partial charge in [0.1, 0.15) is 12.4 Å². The highest BCUT2D eigenvalue weighted by Crippen LogP contribution is 2.57. The van der Waals surface area contributed by atoms with Gasteiger partial charge in [0.05, 0.1) is 25.7 Å². The van der Waals surface area contributed by atoms with Crippen LogP contribution in [0.25, 0.3) is 0 Å². The average Bonchev–Trinajstić information content (AvgIpc) is 2.89. The molecule has 5 rings (SSSR count). The zero-order valence-corrected chi connectivity index (χ0v) is 19.4. The third-order valence-corrected chi connectivity index (χ3v) is 7.53. The highest BCUT2D eigenvalue weighted by molar-refractivity contribution is 5.83. The van der Waals surface area contributed by atoms with Gasteiger partial charge >= 0.3 is 6.01 Å². The minimum Gasteiger partial charge on any atom is -0.489 e. The smallest absolute Gasteiger partial charge is 0.316 e. The average molecular weight is 454 g/mol. The Hall–Kier alpha value is -2.96. The van der Waals surface area contributed by atoms with Crippen LogP contribution in [0, 0.1) is 5.41 Å². The molecule has 176 valence electrons. The molecule has 2 bridgehead atoms. The number of hydrogen-bond donors (Lipinski definition) is 1. The number of methoxy groups -OCH3 is 1. The van der Waals surface area contributed by atoms with E-state index in [4.69, 9.17) is 9.47 Å². The molecule has 0 saturated heterocycles. The van der Waals surface area contributed by atoms with E-state index in [1.807, 2.05) is 19.1 Å². The maximum atomic E-state index is 13.1. The van der Waals surface area contributed by atoms with E-state index >= 15 is 0 Å². The molecular formula is C26H32FN3O3. The van der Waals surface area contributed by atoms with E-state index in [0.717, 1.165) is 50.0 Å². The van der Waals surface area contributed by atoms with Crippen LogP contribution >= 0.6 is 0 Å². The number of amides is 1. The molecule has 0 spiro atoms. The van der Waals surface area contributed by atoms with Gasteiger partial charge in [-0.25, -0.2) is 9.37 Å². The van der Waals surface area contributed by atoms with Gasteiger partial charge in [-0.2, -0.15) is 4.98 Å². The van der Waals surface area contributed by atoms with E-state index in [9.17, 15) is 9.18 Å². The second-order valence-corrected chi connectivity index (χ2v) is 9.21. The van der Waals surface area contributed by atoms with Gasteiger partial charge < -0.3 is 14.8 Å². The van der Waals surface area contributed by atoms with Crippen molar-refractivity contribution in [1.82, 2.24) is 15.3 Å². The van der Waals surface area contributed by atoms with Gasteiger partial charge in [0.25, 0.3) is 0 Å². The lowest BCUT2D eigenvalue weighted by Crippen LogP contribution is -2.51. The fourth-order valence-electron chi connectivity index (χ4n) is 5.18. The van der Waals surface area contributed by atoms with Crippen LogP contribution in [0.2, 0.25) is 0 Å². The minimum atomic E-state index is -0.281. The number of carbonyl (C=O) groups is 1. The molecule has 0 aliphatic heterocycles. The number of halogens is 1. The molecule has 7 heteroatoms. The number of nitrogens with one attached hydrogen (secondary N) is 1. The quantitative estimate of drug-likeness (QED) is 0.576. The summed E-state index contributed by atoms with van der Waals surface area (Å²) in [5, 5.41) is 3.10. The Labute approximate surface area is 194 Å². The molecule has 1 aromatic carbocycles. The molecule has 3 aliphatic carbocycles. The number of benzene rings is 1. The summed E-state index contributed by atoms with van der Waals surface area (Å²) in [5.74, 6) is 0.884. The molecule has 0 atom stereocenters. The second kappa shape index (κ2) is 9.89. The molecule has 2 aromatic rings. The minimum absolute atomic E-state index is 0.129. The van der Waals surface area contributed by atoms with Crippen LogP contribution in [-0.4, -0.2) is 29.6 Å². The molecule has 33 heavy (non-hydrogen) atoms. The highest BCUT2D eigenvalue weighted by atomic mass is 19.1. The Morgan fingerprint density at radius 2 is 1.82 bits per heavy atom. The third kappa shape index (κ3) is 4.87. The van der Waals surface area contributed by atoms with Gasteiger partial charge in [0.15, 0.2) is 0 Å². The van der Waals surface area contributed by atoms with Crippen molar-refractivity contribution in [2.24, 2.45) is 5.41 Å². The maximum Gasteiger partial charge on any atom is 0.316 e. The Morgan fingerprint density at radius 3 is 2.42 bits per heavy atom. The highest BCUT2D eigenvalue weighted by Gasteiger charge is 2.52. The molecule has 0 radical (unpaired) electrons. The number of fused-ring (bicyclic) bond motifs is 3. The van der Waals surface area contributed by atoms with E-state index in [1.54, 1.807) is 12.3 Å². The number of aromatic nitrogens is 2. The Kier molecular flexibility index (Phi) is 6.96. The number of ether oxygens (including phenoxy) is 2. The number of rotatable bonds is 9. The Morgan fingerprint density at radius 1 is 1.12 bits per heavy atom. The van der Waals surface area contributed by atoms with Gasteiger partial charge in [-0.1, -0.05) is 19.1 Å². The summed E-state index contributed by atoms with van der Waals surface area (Å²) in [7, 11) is 1.53. The van der Waals surface area contributed by atoms with Crippen molar-refractivity contribution in [3.63, 3.8) is 0 Å². The number of nitrogens with zero attached hydrogens (tertiary/aromatic N) is 2. The first-order chi connectivity index (χ1) is 16.0. The van der Waals surface area contributed by atoms with E-state index in [0.29, 0.717) is 30.9 Å². The molecule has 1 amide bonds. The van der Waals surface area contributed by atoms with Crippen molar-refractivity contribution < 1.29 is 18.7 Å². The predicted molar refractivity (Wildman–Crippen MR) is 124 cm³/mol. The summed E-state index contributed by atoms with van der Waals surface area (Å²) in [5.41, 5.74) is 2.55. The van der Waals surface area contributed by atoms with Gasteiger partial charge in [-0.15, -0.1) is 0 Å². The van der Waals surface area contributed by atoms with Crippen LogP contribution in [0.5, 0.6) is 11.8 Å². The van der Waals surface area contributed by atoms with Crippen LogP contribution in [0.15, 0.2) is 48.4 Å². The van der Waals surface area contributed by atoms with Crippen LogP contribution < -0.4 is 14.8 Å². The lowest BCUT2D eigenvalue weighted by molar-refractivity contribution is -0.138. The van der Waals surface area contributed by atoms with Crippen LogP contribution in [0.3, 0.4) is 0 Å². The van der Waals surface area contributed by atoms with E-state index in [2.05, 4.69) is 27.4 Å². The fourth-order valence-corrected chi connectivity index (χ4v) is 5.18. The van der Waals surface area contributed by atoms with Crippen molar-refractivity contribution in [2.75, 3.05) is 13.7 Å². The van der Waals surface area contributed by atoms with Gasteiger partial charge in [-0.05, 0) is 79.7 Å². The van der Waals surface area contributed by atoms with Gasteiger partial charge in [0.2, 0.25) is 5.91 Å². The summed E-state index contributed by atoms with van der Waals surface area (Å²) >= 11 is 0. The summed E-state index contributed by atoms with van der Waals surface area (Å²) in [4.78, 5) is 21.4. The van der Waals surface area contributed by atoms with Crippen molar-refractivity contribution >= 4 is 5.91 Å². The van der Waals surface area contributed by atoms with Gasteiger partial charge in [-0.3, -0.25) is 4.79 Å². The molecular weight excluding hydrogens is 421 g/mol. The van der Waals surface area contributed by atoms with Crippen molar-refractivity contribution in [1.29, 1.82) is 0 Å². The van der Waals surface area contributed by atoms with Crippen LogP contribution in [-0.2, 0) is 16.8 Å².